The third-order valence-corrected chi connectivity index (χ3v) is 5.88. The third kappa shape index (κ3) is 5.79. The Morgan fingerprint density at radius 3 is 2.26 bits per heavy atom. The van der Waals surface area contributed by atoms with Gasteiger partial charge < -0.3 is 4.90 Å². The SMILES string of the molecule is Cc1ccc(S(=O)(=O)NC(C)(C)C)cc1C(=O)N(C)Cc1ccc(Cl)cc1. The molecule has 146 valence electrons. The highest BCUT2D eigenvalue weighted by Gasteiger charge is 2.24. The molecule has 1 N–H and O–H groups in total. The van der Waals surface area contributed by atoms with Gasteiger partial charge in [-0.1, -0.05) is 29.8 Å². The molecule has 0 spiro atoms. The van der Waals surface area contributed by atoms with Gasteiger partial charge in [-0.25, -0.2) is 13.1 Å². The van der Waals surface area contributed by atoms with Crippen molar-refractivity contribution in [1.82, 2.24) is 9.62 Å². The zero-order chi connectivity index (χ0) is 20.4. The number of nitrogens with one attached hydrogen (secondary N) is 1. The molecule has 0 fully saturated rings. The monoisotopic (exact) mass is 408 g/mol. The van der Waals surface area contributed by atoms with Gasteiger partial charge in [0.2, 0.25) is 10.0 Å². The van der Waals surface area contributed by atoms with Gasteiger partial charge in [0.15, 0.2) is 0 Å². The Balaban J connectivity index is 2.29. The molecule has 2 rings (SSSR count). The lowest BCUT2D eigenvalue weighted by atomic mass is 10.1. The van der Waals surface area contributed by atoms with E-state index in [1.54, 1.807) is 57.8 Å². The molecule has 0 radical (unpaired) electrons. The maximum atomic E-state index is 12.9. The van der Waals surface area contributed by atoms with E-state index in [0.717, 1.165) is 11.1 Å². The predicted molar refractivity (Wildman–Crippen MR) is 109 cm³/mol. The van der Waals surface area contributed by atoms with Crippen LogP contribution in [0.2, 0.25) is 5.02 Å². The first-order valence-electron chi connectivity index (χ1n) is 8.53. The van der Waals surface area contributed by atoms with E-state index in [4.69, 9.17) is 11.6 Å². The van der Waals surface area contributed by atoms with E-state index in [1.165, 1.54) is 12.1 Å². The van der Waals surface area contributed by atoms with Crippen LogP contribution in [0.25, 0.3) is 0 Å². The number of amides is 1. The highest BCUT2D eigenvalue weighted by Crippen LogP contribution is 2.20. The summed E-state index contributed by atoms with van der Waals surface area (Å²) in [5.74, 6) is -0.241. The van der Waals surface area contributed by atoms with E-state index >= 15 is 0 Å². The molecule has 2 aromatic carbocycles. The summed E-state index contributed by atoms with van der Waals surface area (Å²) < 4.78 is 27.8. The number of benzene rings is 2. The summed E-state index contributed by atoms with van der Waals surface area (Å²) >= 11 is 5.89. The summed E-state index contributed by atoms with van der Waals surface area (Å²) in [5, 5.41) is 0.632. The molecular formula is C20H25ClN2O3S. The van der Waals surface area contributed by atoms with Gasteiger partial charge in [-0.3, -0.25) is 4.79 Å². The molecule has 0 atom stereocenters. The number of carbonyl (C=O) groups is 1. The third-order valence-electron chi connectivity index (χ3n) is 3.87. The first kappa shape index (κ1) is 21.4. The number of hydrogen-bond acceptors (Lipinski definition) is 3. The molecule has 0 saturated heterocycles. The Kier molecular flexibility index (Phi) is 6.35. The number of hydrogen-bond donors (Lipinski definition) is 1. The van der Waals surface area contributed by atoms with Gasteiger partial charge in [0, 0.05) is 29.7 Å². The van der Waals surface area contributed by atoms with Crippen LogP contribution in [0.4, 0.5) is 0 Å². The molecule has 2 aromatic rings. The van der Waals surface area contributed by atoms with Crippen molar-refractivity contribution in [1.29, 1.82) is 0 Å². The van der Waals surface area contributed by atoms with Gasteiger partial charge in [0.25, 0.3) is 5.91 Å². The van der Waals surface area contributed by atoms with Crippen LogP contribution >= 0.6 is 11.6 Å². The minimum absolute atomic E-state index is 0.0752. The number of rotatable bonds is 5. The van der Waals surface area contributed by atoms with Crippen molar-refractivity contribution in [2.45, 2.75) is 44.7 Å². The van der Waals surface area contributed by atoms with Crippen molar-refractivity contribution in [3.05, 3.63) is 64.2 Å². The van der Waals surface area contributed by atoms with Gasteiger partial charge in [0.05, 0.1) is 4.90 Å². The van der Waals surface area contributed by atoms with Crippen molar-refractivity contribution >= 4 is 27.5 Å². The smallest absolute Gasteiger partial charge is 0.254 e. The second-order valence-electron chi connectivity index (χ2n) is 7.62. The van der Waals surface area contributed by atoms with Crippen molar-refractivity contribution in [3.63, 3.8) is 0 Å². The summed E-state index contributed by atoms with van der Waals surface area (Å²) in [6.45, 7) is 7.49. The van der Waals surface area contributed by atoms with Crippen LogP contribution in [-0.2, 0) is 16.6 Å². The summed E-state index contributed by atoms with van der Waals surface area (Å²) in [4.78, 5) is 14.5. The fraction of sp³-hybridized carbons (Fsp3) is 0.350. The second-order valence-corrected chi connectivity index (χ2v) is 9.74. The molecule has 0 saturated carbocycles. The summed E-state index contributed by atoms with van der Waals surface area (Å²) in [6.07, 6.45) is 0. The molecule has 7 heteroatoms. The van der Waals surface area contributed by atoms with Crippen LogP contribution in [0.1, 0.15) is 42.3 Å². The van der Waals surface area contributed by atoms with E-state index in [1.807, 2.05) is 12.1 Å². The van der Waals surface area contributed by atoms with Gasteiger partial charge in [-0.05, 0) is 63.1 Å². The Hall–Kier alpha value is -1.89. The molecule has 5 nitrogen and oxygen atoms in total. The molecular weight excluding hydrogens is 384 g/mol. The Morgan fingerprint density at radius 1 is 1.11 bits per heavy atom. The van der Waals surface area contributed by atoms with Gasteiger partial charge >= 0.3 is 0 Å². The summed E-state index contributed by atoms with van der Waals surface area (Å²) in [6, 6.07) is 11.8. The highest BCUT2D eigenvalue weighted by molar-refractivity contribution is 7.89. The fourth-order valence-corrected chi connectivity index (χ4v) is 4.17. The lowest BCUT2D eigenvalue weighted by Gasteiger charge is -2.22. The van der Waals surface area contributed by atoms with E-state index in [-0.39, 0.29) is 10.8 Å². The number of halogens is 1. The normalized spacial score (nSPS) is 12.1. The largest absolute Gasteiger partial charge is 0.337 e. The fourth-order valence-electron chi connectivity index (χ4n) is 2.60. The van der Waals surface area contributed by atoms with Crippen LogP contribution < -0.4 is 4.72 Å². The van der Waals surface area contributed by atoms with Crippen LogP contribution in [-0.4, -0.2) is 31.8 Å². The summed E-state index contributed by atoms with van der Waals surface area (Å²) in [5.41, 5.74) is 1.41. The number of sulfonamides is 1. The Morgan fingerprint density at radius 2 is 1.70 bits per heavy atom. The highest BCUT2D eigenvalue weighted by atomic mass is 35.5. The van der Waals surface area contributed by atoms with E-state index in [2.05, 4.69) is 4.72 Å². The quantitative estimate of drug-likeness (QED) is 0.813. The summed E-state index contributed by atoms with van der Waals surface area (Å²) in [7, 11) is -2.03. The number of carbonyl (C=O) groups excluding carboxylic acids is 1. The first-order valence-corrected chi connectivity index (χ1v) is 10.4. The predicted octanol–water partition coefficient (Wildman–Crippen LogP) is 4.00. The number of aryl methyl sites for hydroxylation is 1. The average Bonchev–Trinajstić information content (AvgIpc) is 2.54. The van der Waals surface area contributed by atoms with Crippen LogP contribution in [0.15, 0.2) is 47.4 Å². The maximum absolute atomic E-state index is 12.9. The first-order chi connectivity index (χ1) is 12.4. The Labute approximate surface area is 166 Å². The molecule has 0 heterocycles. The molecule has 0 unspecified atom stereocenters. The molecule has 0 aromatic heterocycles. The molecule has 0 aliphatic carbocycles. The van der Waals surface area contributed by atoms with E-state index < -0.39 is 15.6 Å². The average molecular weight is 409 g/mol. The lowest BCUT2D eigenvalue weighted by Crippen LogP contribution is -2.40. The molecule has 0 bridgehead atoms. The van der Waals surface area contributed by atoms with E-state index in [0.29, 0.717) is 17.1 Å². The van der Waals surface area contributed by atoms with Crippen molar-refractivity contribution < 1.29 is 13.2 Å². The molecule has 0 aliphatic rings. The number of nitrogens with zero attached hydrogens (tertiary/aromatic N) is 1. The molecule has 1 amide bonds. The zero-order valence-electron chi connectivity index (χ0n) is 16.2. The van der Waals surface area contributed by atoms with Crippen LogP contribution in [0, 0.1) is 6.92 Å². The van der Waals surface area contributed by atoms with Gasteiger partial charge in [0.1, 0.15) is 0 Å². The van der Waals surface area contributed by atoms with Crippen LogP contribution in [0.3, 0.4) is 0 Å². The Bertz CT molecular complexity index is 933. The second kappa shape index (κ2) is 8.00. The molecule has 0 aliphatic heterocycles. The standard InChI is InChI=1S/C20H25ClN2O3S/c1-14-6-11-17(27(25,26)22-20(2,3)4)12-18(14)19(24)23(5)13-15-7-9-16(21)10-8-15/h6-12,22H,13H2,1-5H3. The van der Waals surface area contributed by atoms with Gasteiger partial charge in [-0.15, -0.1) is 0 Å². The van der Waals surface area contributed by atoms with Crippen molar-refractivity contribution in [2.75, 3.05) is 7.05 Å². The lowest BCUT2D eigenvalue weighted by molar-refractivity contribution is 0.0784. The maximum Gasteiger partial charge on any atom is 0.254 e. The minimum atomic E-state index is -3.72. The van der Waals surface area contributed by atoms with Gasteiger partial charge in [-0.2, -0.15) is 0 Å². The topological polar surface area (TPSA) is 66.5 Å². The van der Waals surface area contributed by atoms with Crippen molar-refractivity contribution in [2.24, 2.45) is 0 Å². The zero-order valence-corrected chi connectivity index (χ0v) is 17.8. The van der Waals surface area contributed by atoms with E-state index in [9.17, 15) is 13.2 Å². The minimum Gasteiger partial charge on any atom is -0.337 e. The van der Waals surface area contributed by atoms with Crippen LogP contribution in [0.5, 0.6) is 0 Å². The van der Waals surface area contributed by atoms with Crippen molar-refractivity contribution in [3.8, 4) is 0 Å². The molecule has 27 heavy (non-hydrogen) atoms.